The lowest BCUT2D eigenvalue weighted by Gasteiger charge is -2.22. The van der Waals surface area contributed by atoms with E-state index in [4.69, 9.17) is 34.8 Å². The second-order valence-electron chi connectivity index (χ2n) is 4.42. The quantitative estimate of drug-likeness (QED) is 0.590. The smallest absolute Gasteiger partial charge is 0.0430 e. The zero-order valence-electron chi connectivity index (χ0n) is 8.67. The average Bonchev–Trinajstić information content (AvgIpc) is 1.82. The van der Waals surface area contributed by atoms with Crippen molar-refractivity contribution in [3.63, 3.8) is 0 Å². The number of hydrogen-bond acceptors (Lipinski definition) is 0. The number of hydrogen-bond donors (Lipinski definition) is 0. The summed E-state index contributed by atoms with van der Waals surface area (Å²) in [7, 11) is 0. The third-order valence-electron chi connectivity index (χ3n) is 2.09. The summed E-state index contributed by atoms with van der Waals surface area (Å²) in [5, 5.41) is 0. The molecule has 0 saturated heterocycles. The van der Waals surface area contributed by atoms with Crippen LogP contribution in [-0.2, 0) is 0 Å². The van der Waals surface area contributed by atoms with Gasteiger partial charge in [-0.15, -0.1) is 34.8 Å². The lowest BCUT2D eigenvalue weighted by molar-refractivity contribution is 0.488. The largest absolute Gasteiger partial charge is 0.127 e. The Kier molecular flexibility index (Phi) is 6.06. The van der Waals surface area contributed by atoms with Crippen molar-refractivity contribution in [2.24, 2.45) is 0 Å². The summed E-state index contributed by atoms with van der Waals surface area (Å²) in [6.07, 6.45) is 3.91. The molecule has 1 atom stereocenters. The topological polar surface area (TPSA) is 0 Å². The van der Waals surface area contributed by atoms with Gasteiger partial charge in [-0.05, 0) is 46.5 Å². The zero-order valence-corrected chi connectivity index (χ0v) is 10.9. The first-order valence-electron chi connectivity index (χ1n) is 4.71. The molecule has 0 aromatic carbocycles. The Morgan fingerprint density at radius 1 is 0.923 bits per heavy atom. The highest BCUT2D eigenvalue weighted by atomic mass is 35.5. The van der Waals surface area contributed by atoms with E-state index in [0.29, 0.717) is 5.88 Å². The first-order valence-corrected chi connectivity index (χ1v) is 6.00. The molecule has 1 unspecified atom stereocenters. The average molecular weight is 246 g/mol. The SMILES string of the molecule is CC(C)(Cl)CCCC(C)(Cl)CCCl. The van der Waals surface area contributed by atoms with Gasteiger partial charge >= 0.3 is 0 Å². The Morgan fingerprint density at radius 2 is 1.46 bits per heavy atom. The molecule has 0 aromatic rings. The number of rotatable bonds is 6. The Morgan fingerprint density at radius 3 is 1.85 bits per heavy atom. The molecule has 0 N–H and O–H groups in total. The molecule has 0 heterocycles. The fraction of sp³-hybridized carbons (Fsp3) is 1.00. The molecule has 0 saturated carbocycles. The lowest BCUT2D eigenvalue weighted by atomic mass is 9.97. The van der Waals surface area contributed by atoms with E-state index in [-0.39, 0.29) is 9.75 Å². The van der Waals surface area contributed by atoms with Gasteiger partial charge in [0.05, 0.1) is 0 Å². The fourth-order valence-corrected chi connectivity index (χ4v) is 2.07. The number of halogens is 3. The predicted molar refractivity (Wildman–Crippen MR) is 63.4 cm³/mol. The van der Waals surface area contributed by atoms with Gasteiger partial charge in [0.2, 0.25) is 0 Å². The molecular formula is C10H19Cl3. The van der Waals surface area contributed by atoms with Crippen LogP contribution in [0.5, 0.6) is 0 Å². The highest BCUT2D eigenvalue weighted by Gasteiger charge is 2.21. The Balaban J connectivity index is 3.63. The van der Waals surface area contributed by atoms with Gasteiger partial charge in [-0.25, -0.2) is 0 Å². The van der Waals surface area contributed by atoms with E-state index in [2.05, 4.69) is 0 Å². The van der Waals surface area contributed by atoms with Gasteiger partial charge in [-0.3, -0.25) is 0 Å². The van der Waals surface area contributed by atoms with E-state index < -0.39 is 0 Å². The Labute approximate surface area is 96.9 Å². The lowest BCUT2D eigenvalue weighted by Crippen LogP contribution is -2.19. The predicted octanol–water partition coefficient (Wildman–Crippen LogP) is 4.80. The monoisotopic (exact) mass is 244 g/mol. The molecule has 0 bridgehead atoms. The molecule has 0 rings (SSSR count). The fourth-order valence-electron chi connectivity index (χ4n) is 1.20. The normalized spacial score (nSPS) is 17.1. The van der Waals surface area contributed by atoms with Crippen LogP contribution < -0.4 is 0 Å². The van der Waals surface area contributed by atoms with Crippen LogP contribution in [-0.4, -0.2) is 15.6 Å². The molecule has 0 amide bonds. The van der Waals surface area contributed by atoms with Crippen LogP contribution in [0.15, 0.2) is 0 Å². The van der Waals surface area contributed by atoms with Crippen LogP contribution in [0.3, 0.4) is 0 Å². The minimum atomic E-state index is -0.149. The molecule has 0 fully saturated rings. The summed E-state index contributed by atoms with van der Waals surface area (Å²) in [5.74, 6) is 0.629. The van der Waals surface area contributed by atoms with Crippen molar-refractivity contribution < 1.29 is 0 Å². The van der Waals surface area contributed by atoms with E-state index in [1.807, 2.05) is 20.8 Å². The van der Waals surface area contributed by atoms with E-state index in [1.165, 1.54) is 0 Å². The minimum absolute atomic E-state index is 0.103. The van der Waals surface area contributed by atoms with Crippen molar-refractivity contribution in [1.29, 1.82) is 0 Å². The first-order chi connectivity index (χ1) is 5.77. The molecule has 13 heavy (non-hydrogen) atoms. The van der Waals surface area contributed by atoms with E-state index >= 15 is 0 Å². The summed E-state index contributed by atoms with van der Waals surface area (Å²) in [5.41, 5.74) is 0. The van der Waals surface area contributed by atoms with Crippen LogP contribution in [0.1, 0.15) is 46.5 Å². The minimum Gasteiger partial charge on any atom is -0.127 e. The third-order valence-corrected chi connectivity index (χ3v) is 2.84. The highest BCUT2D eigenvalue weighted by Crippen LogP contribution is 2.29. The van der Waals surface area contributed by atoms with Crippen molar-refractivity contribution in [3.05, 3.63) is 0 Å². The number of alkyl halides is 3. The molecule has 0 aliphatic carbocycles. The van der Waals surface area contributed by atoms with Crippen molar-refractivity contribution >= 4 is 34.8 Å². The van der Waals surface area contributed by atoms with Crippen molar-refractivity contribution in [2.75, 3.05) is 5.88 Å². The van der Waals surface area contributed by atoms with Crippen molar-refractivity contribution in [2.45, 2.75) is 56.2 Å². The van der Waals surface area contributed by atoms with Crippen molar-refractivity contribution in [3.8, 4) is 0 Å². The van der Waals surface area contributed by atoms with E-state index in [9.17, 15) is 0 Å². The molecular weight excluding hydrogens is 226 g/mol. The van der Waals surface area contributed by atoms with Gasteiger partial charge in [0.15, 0.2) is 0 Å². The van der Waals surface area contributed by atoms with E-state index in [0.717, 1.165) is 25.7 Å². The van der Waals surface area contributed by atoms with Gasteiger partial charge in [-0.1, -0.05) is 0 Å². The van der Waals surface area contributed by atoms with Crippen LogP contribution in [0.4, 0.5) is 0 Å². The van der Waals surface area contributed by atoms with Crippen LogP contribution >= 0.6 is 34.8 Å². The molecule has 0 radical (unpaired) electrons. The maximum Gasteiger partial charge on any atom is 0.0430 e. The van der Waals surface area contributed by atoms with Gasteiger partial charge < -0.3 is 0 Å². The molecule has 0 aliphatic rings. The highest BCUT2D eigenvalue weighted by molar-refractivity contribution is 6.25. The third kappa shape index (κ3) is 9.18. The van der Waals surface area contributed by atoms with Gasteiger partial charge in [-0.2, -0.15) is 0 Å². The van der Waals surface area contributed by atoms with Gasteiger partial charge in [0.1, 0.15) is 0 Å². The summed E-state index contributed by atoms with van der Waals surface area (Å²) >= 11 is 18.0. The van der Waals surface area contributed by atoms with Crippen molar-refractivity contribution in [1.82, 2.24) is 0 Å². The van der Waals surface area contributed by atoms with Gasteiger partial charge in [0.25, 0.3) is 0 Å². The van der Waals surface area contributed by atoms with E-state index in [1.54, 1.807) is 0 Å². The summed E-state index contributed by atoms with van der Waals surface area (Å²) in [4.78, 5) is -0.252. The summed E-state index contributed by atoms with van der Waals surface area (Å²) in [6.45, 7) is 6.10. The molecule has 80 valence electrons. The summed E-state index contributed by atoms with van der Waals surface area (Å²) in [6, 6.07) is 0. The molecule has 0 aromatic heterocycles. The maximum atomic E-state index is 6.24. The zero-order chi connectivity index (χ0) is 10.5. The second kappa shape index (κ2) is 5.68. The Bertz CT molecular complexity index is 136. The second-order valence-corrected chi connectivity index (χ2v) is 6.74. The summed E-state index contributed by atoms with van der Waals surface area (Å²) < 4.78 is 0. The maximum absolute atomic E-state index is 6.24. The van der Waals surface area contributed by atoms with Gasteiger partial charge in [0, 0.05) is 15.6 Å². The first kappa shape index (κ1) is 13.9. The molecule has 0 spiro atoms. The van der Waals surface area contributed by atoms with Crippen LogP contribution in [0.25, 0.3) is 0 Å². The standard InChI is InChI=1S/C10H19Cl3/c1-9(2,12)5-4-6-10(3,13)7-8-11/h4-8H2,1-3H3. The van der Waals surface area contributed by atoms with Crippen LogP contribution in [0, 0.1) is 0 Å². The molecule has 0 aliphatic heterocycles. The van der Waals surface area contributed by atoms with Crippen LogP contribution in [0.2, 0.25) is 0 Å². The molecule has 0 nitrogen and oxygen atoms in total. The molecule has 3 heteroatoms. The Hall–Kier alpha value is 0.870.